The van der Waals surface area contributed by atoms with Gasteiger partial charge < -0.3 is 14.6 Å². The zero-order valence-corrected chi connectivity index (χ0v) is 17.6. The highest BCUT2D eigenvalue weighted by Crippen LogP contribution is 2.32. The van der Waals surface area contributed by atoms with Crippen LogP contribution >= 0.6 is 11.3 Å². The van der Waals surface area contributed by atoms with Crippen LogP contribution in [0.1, 0.15) is 39.3 Å². The van der Waals surface area contributed by atoms with Gasteiger partial charge in [0, 0.05) is 18.5 Å². The Morgan fingerprint density at radius 2 is 2.21 bits per heavy atom. The minimum absolute atomic E-state index is 0.0371. The first kappa shape index (κ1) is 19.8. The molecule has 1 atom stereocenters. The summed E-state index contributed by atoms with van der Waals surface area (Å²) in [5.41, 5.74) is 1.75. The summed E-state index contributed by atoms with van der Waals surface area (Å²) in [6.45, 7) is 3.35. The molecule has 3 aromatic rings. The van der Waals surface area contributed by atoms with Crippen molar-refractivity contribution in [2.45, 2.75) is 32.7 Å². The molecule has 6 nitrogen and oxygen atoms in total. The van der Waals surface area contributed by atoms with Crippen molar-refractivity contribution in [3.8, 4) is 0 Å². The van der Waals surface area contributed by atoms with Crippen LogP contribution in [-0.2, 0) is 24.1 Å². The van der Waals surface area contributed by atoms with E-state index in [-0.39, 0.29) is 18.0 Å². The molecule has 1 aromatic carbocycles. The number of amides is 1. The van der Waals surface area contributed by atoms with Crippen LogP contribution in [0.2, 0.25) is 0 Å². The lowest BCUT2D eigenvalue weighted by Crippen LogP contribution is -2.34. The quantitative estimate of drug-likeness (QED) is 0.675. The molecule has 152 valence electrons. The number of ether oxygens (including phenoxy) is 1. The second-order valence-electron chi connectivity index (χ2n) is 7.66. The number of aryl methyl sites for hydroxylation is 1. The zero-order chi connectivity index (χ0) is 20.4. The van der Waals surface area contributed by atoms with Crippen LogP contribution in [0.4, 0.5) is 0 Å². The summed E-state index contributed by atoms with van der Waals surface area (Å²) in [6, 6.07) is 9.27. The van der Waals surface area contributed by atoms with Gasteiger partial charge in [-0.1, -0.05) is 19.1 Å². The number of nitrogens with zero attached hydrogens (tertiary/aromatic N) is 2. The van der Waals surface area contributed by atoms with Crippen LogP contribution in [0, 0.1) is 5.92 Å². The molecular formula is C22H25N3O3S. The number of hydrogen-bond donors (Lipinski definition) is 1. The van der Waals surface area contributed by atoms with E-state index in [9.17, 15) is 9.59 Å². The van der Waals surface area contributed by atoms with Gasteiger partial charge in [-0.3, -0.25) is 9.59 Å². The van der Waals surface area contributed by atoms with Crippen molar-refractivity contribution in [3.05, 3.63) is 61.8 Å². The molecule has 2 aromatic heterocycles. The minimum Gasteiger partial charge on any atom is -0.383 e. The number of aromatic amines is 1. The number of carbonyl (C=O) groups excluding carboxylic acids is 1. The highest BCUT2D eigenvalue weighted by Gasteiger charge is 2.24. The van der Waals surface area contributed by atoms with Crippen molar-refractivity contribution >= 4 is 28.1 Å². The number of benzene rings is 1. The smallest absolute Gasteiger partial charge is 0.264 e. The third-order valence-electron chi connectivity index (χ3n) is 5.40. The Hall–Kier alpha value is -2.51. The minimum atomic E-state index is -0.190. The summed E-state index contributed by atoms with van der Waals surface area (Å²) < 4.78 is 5.20. The topological polar surface area (TPSA) is 75.3 Å². The molecule has 0 bridgehead atoms. The van der Waals surface area contributed by atoms with Gasteiger partial charge in [-0.25, -0.2) is 4.98 Å². The van der Waals surface area contributed by atoms with Crippen LogP contribution in [0.25, 0.3) is 10.9 Å². The van der Waals surface area contributed by atoms with Crippen LogP contribution in [0.5, 0.6) is 0 Å². The first-order valence-electron chi connectivity index (χ1n) is 9.93. The molecule has 7 heteroatoms. The Balaban J connectivity index is 1.61. The molecular weight excluding hydrogens is 386 g/mol. The normalized spacial score (nSPS) is 16.0. The monoisotopic (exact) mass is 411 g/mol. The molecule has 4 rings (SSSR count). The van der Waals surface area contributed by atoms with E-state index in [1.165, 1.54) is 16.9 Å². The molecule has 1 amide bonds. The van der Waals surface area contributed by atoms with Crippen LogP contribution in [-0.4, -0.2) is 41.0 Å². The van der Waals surface area contributed by atoms with E-state index in [0.29, 0.717) is 35.8 Å². The fourth-order valence-electron chi connectivity index (χ4n) is 3.81. The molecule has 1 aliphatic rings. The summed E-state index contributed by atoms with van der Waals surface area (Å²) >= 11 is 1.60. The first-order valence-corrected chi connectivity index (χ1v) is 10.7. The van der Waals surface area contributed by atoms with Crippen molar-refractivity contribution < 1.29 is 9.53 Å². The number of methoxy groups -OCH3 is 1. The number of rotatable bonds is 6. The Kier molecular flexibility index (Phi) is 5.78. The molecule has 0 spiro atoms. The molecule has 1 aliphatic carbocycles. The van der Waals surface area contributed by atoms with Gasteiger partial charge in [0.2, 0.25) is 0 Å². The number of carbonyl (C=O) groups is 1. The Morgan fingerprint density at radius 1 is 1.38 bits per heavy atom. The maximum absolute atomic E-state index is 13.3. The van der Waals surface area contributed by atoms with E-state index in [2.05, 4.69) is 16.9 Å². The lowest BCUT2D eigenvalue weighted by Gasteiger charge is -2.21. The molecule has 0 fully saturated rings. The number of H-pyrrole nitrogens is 1. The maximum Gasteiger partial charge on any atom is 0.264 e. The largest absolute Gasteiger partial charge is 0.383 e. The van der Waals surface area contributed by atoms with E-state index in [4.69, 9.17) is 4.74 Å². The van der Waals surface area contributed by atoms with Gasteiger partial charge in [-0.05, 0) is 48.9 Å². The molecule has 0 unspecified atom stereocenters. The van der Waals surface area contributed by atoms with Crippen LogP contribution < -0.4 is 5.56 Å². The number of fused-ring (bicyclic) bond motifs is 2. The van der Waals surface area contributed by atoms with Crippen molar-refractivity contribution in [2.24, 2.45) is 5.92 Å². The van der Waals surface area contributed by atoms with Gasteiger partial charge in [-0.15, -0.1) is 11.3 Å². The number of hydrogen-bond acceptors (Lipinski definition) is 5. The fraction of sp³-hybridized carbons (Fsp3) is 0.409. The molecule has 1 N–H and O–H groups in total. The second kappa shape index (κ2) is 8.47. The van der Waals surface area contributed by atoms with E-state index < -0.39 is 0 Å². The summed E-state index contributed by atoms with van der Waals surface area (Å²) in [4.78, 5) is 36.8. The Labute approximate surface area is 173 Å². The van der Waals surface area contributed by atoms with E-state index >= 15 is 0 Å². The highest BCUT2D eigenvalue weighted by atomic mass is 32.1. The average molecular weight is 412 g/mol. The molecule has 2 heterocycles. The summed E-state index contributed by atoms with van der Waals surface area (Å²) in [5, 5.41) is 0.547. The molecule has 0 radical (unpaired) electrons. The molecule has 0 saturated carbocycles. The van der Waals surface area contributed by atoms with Crippen molar-refractivity contribution in [3.63, 3.8) is 0 Å². The first-order chi connectivity index (χ1) is 14.0. The predicted octanol–water partition coefficient (Wildman–Crippen LogP) is 3.40. The van der Waals surface area contributed by atoms with Crippen LogP contribution in [0.3, 0.4) is 0 Å². The van der Waals surface area contributed by atoms with Gasteiger partial charge in [-0.2, -0.15) is 0 Å². The zero-order valence-electron chi connectivity index (χ0n) is 16.7. The third-order valence-corrected chi connectivity index (χ3v) is 6.62. The SMILES string of the molecule is COCCN(Cc1nc2ccccc2c(=O)[nH]1)C(=O)c1cc2c(s1)CC[C@H](C)C2. The highest BCUT2D eigenvalue weighted by molar-refractivity contribution is 7.14. The van der Waals surface area contributed by atoms with Crippen molar-refractivity contribution in [1.29, 1.82) is 0 Å². The summed E-state index contributed by atoms with van der Waals surface area (Å²) in [5.74, 6) is 1.11. The average Bonchev–Trinajstić information content (AvgIpc) is 3.14. The van der Waals surface area contributed by atoms with Crippen LogP contribution in [0.15, 0.2) is 35.1 Å². The Bertz CT molecular complexity index is 1090. The summed E-state index contributed by atoms with van der Waals surface area (Å²) in [6.07, 6.45) is 3.26. The van der Waals surface area contributed by atoms with E-state index in [1.54, 1.807) is 29.4 Å². The van der Waals surface area contributed by atoms with E-state index in [1.807, 2.05) is 24.3 Å². The standard InChI is InChI=1S/C22H25N3O3S/c1-14-7-8-18-15(11-14)12-19(29-18)22(27)25(9-10-28-2)13-20-23-17-6-4-3-5-16(17)21(26)24-20/h3-6,12,14H,7-11,13H2,1-2H3,(H,23,24,26)/t14-/m0/s1. The van der Waals surface area contributed by atoms with Gasteiger partial charge in [0.15, 0.2) is 0 Å². The van der Waals surface area contributed by atoms with Crippen molar-refractivity contribution in [1.82, 2.24) is 14.9 Å². The Morgan fingerprint density at radius 3 is 3.03 bits per heavy atom. The fourth-order valence-corrected chi connectivity index (χ4v) is 4.99. The molecule has 29 heavy (non-hydrogen) atoms. The maximum atomic E-state index is 13.3. The van der Waals surface area contributed by atoms with Gasteiger partial charge >= 0.3 is 0 Å². The van der Waals surface area contributed by atoms with Gasteiger partial charge in [0.25, 0.3) is 11.5 Å². The van der Waals surface area contributed by atoms with E-state index in [0.717, 1.165) is 17.7 Å². The molecule has 0 saturated heterocycles. The van der Waals surface area contributed by atoms with Crippen molar-refractivity contribution in [2.75, 3.05) is 20.3 Å². The lowest BCUT2D eigenvalue weighted by molar-refractivity contribution is 0.0680. The number of nitrogens with one attached hydrogen (secondary N) is 1. The number of aromatic nitrogens is 2. The van der Waals surface area contributed by atoms with Gasteiger partial charge in [0.1, 0.15) is 5.82 Å². The molecule has 0 aliphatic heterocycles. The predicted molar refractivity (Wildman–Crippen MR) is 114 cm³/mol. The second-order valence-corrected chi connectivity index (χ2v) is 8.79. The summed E-state index contributed by atoms with van der Waals surface area (Å²) in [7, 11) is 1.62. The number of para-hydroxylation sites is 1. The third kappa shape index (κ3) is 4.26. The van der Waals surface area contributed by atoms with Gasteiger partial charge in [0.05, 0.1) is 28.9 Å². The lowest BCUT2D eigenvalue weighted by atomic mass is 9.90. The number of thiophene rings is 1.